The van der Waals surface area contributed by atoms with Crippen LogP contribution in [0.4, 0.5) is 0 Å². The third-order valence-electron chi connectivity index (χ3n) is 4.75. The molecule has 1 N–H and O–H groups in total. The lowest BCUT2D eigenvalue weighted by Crippen LogP contribution is -2.35. The zero-order valence-corrected chi connectivity index (χ0v) is 16.6. The maximum atomic E-state index is 12.8. The van der Waals surface area contributed by atoms with Gasteiger partial charge in [0.05, 0.1) is 36.2 Å². The van der Waals surface area contributed by atoms with Crippen LogP contribution in [-0.4, -0.2) is 36.5 Å². The summed E-state index contributed by atoms with van der Waals surface area (Å²) >= 11 is 0. The van der Waals surface area contributed by atoms with Gasteiger partial charge in [-0.25, -0.2) is 4.98 Å². The molecule has 0 aromatic carbocycles. The normalized spacial score (nSPS) is 10.9. The van der Waals surface area contributed by atoms with Gasteiger partial charge in [0, 0.05) is 31.2 Å². The van der Waals surface area contributed by atoms with Crippen molar-refractivity contribution >= 4 is 5.91 Å². The second-order valence-corrected chi connectivity index (χ2v) is 6.82. The fourth-order valence-electron chi connectivity index (χ4n) is 2.89. The molecule has 0 unspecified atom stereocenters. The predicted octanol–water partition coefficient (Wildman–Crippen LogP) is 1.55. The first kappa shape index (κ1) is 19.5. The summed E-state index contributed by atoms with van der Waals surface area (Å²) in [6, 6.07) is 1.77. The zero-order chi connectivity index (χ0) is 20.3. The quantitative estimate of drug-likeness (QED) is 0.700. The van der Waals surface area contributed by atoms with Crippen LogP contribution in [0.15, 0.2) is 35.8 Å². The van der Waals surface area contributed by atoms with E-state index in [9.17, 15) is 9.59 Å². The summed E-state index contributed by atoms with van der Waals surface area (Å²) in [5, 5.41) is 2.84. The number of nitrogens with one attached hydrogen (secondary N) is 1. The largest absolute Gasteiger partial charge is 0.350 e. The molecule has 0 bridgehead atoms. The van der Waals surface area contributed by atoms with Gasteiger partial charge in [0.25, 0.3) is 11.5 Å². The summed E-state index contributed by atoms with van der Waals surface area (Å²) < 4.78 is 3.45. The molecule has 0 saturated heterocycles. The first-order valence-corrected chi connectivity index (χ1v) is 9.11. The Morgan fingerprint density at radius 1 is 1.07 bits per heavy atom. The molecule has 8 heteroatoms. The van der Waals surface area contributed by atoms with Crippen molar-refractivity contribution in [2.24, 2.45) is 0 Å². The predicted molar refractivity (Wildman–Crippen MR) is 105 cm³/mol. The second kappa shape index (κ2) is 8.16. The Labute approximate surface area is 163 Å². The summed E-state index contributed by atoms with van der Waals surface area (Å²) in [7, 11) is 0. The molecule has 0 saturated carbocycles. The van der Waals surface area contributed by atoms with Crippen molar-refractivity contribution in [1.82, 2.24) is 29.4 Å². The van der Waals surface area contributed by atoms with Crippen molar-refractivity contribution in [2.75, 3.05) is 6.54 Å². The number of hydrogen-bond acceptors (Lipinski definition) is 5. The summed E-state index contributed by atoms with van der Waals surface area (Å²) in [5.74, 6) is -0.374. The van der Waals surface area contributed by atoms with Crippen LogP contribution in [0, 0.1) is 27.7 Å². The molecule has 0 aliphatic carbocycles. The van der Waals surface area contributed by atoms with Gasteiger partial charge in [-0.15, -0.1) is 0 Å². The fourth-order valence-corrected chi connectivity index (χ4v) is 2.89. The van der Waals surface area contributed by atoms with E-state index in [1.54, 1.807) is 37.9 Å². The highest BCUT2D eigenvalue weighted by molar-refractivity contribution is 5.95. The molecule has 28 heavy (non-hydrogen) atoms. The van der Waals surface area contributed by atoms with Gasteiger partial charge in [-0.05, 0) is 39.3 Å². The van der Waals surface area contributed by atoms with Crippen LogP contribution >= 0.6 is 0 Å². The van der Waals surface area contributed by atoms with Gasteiger partial charge in [-0.2, -0.15) is 0 Å². The molecule has 1 amide bonds. The molecule has 3 aromatic rings. The number of carbonyl (C=O) groups is 1. The van der Waals surface area contributed by atoms with E-state index in [-0.39, 0.29) is 23.6 Å². The Kier molecular flexibility index (Phi) is 5.67. The molecule has 0 aliphatic heterocycles. The van der Waals surface area contributed by atoms with Gasteiger partial charge in [-0.1, -0.05) is 0 Å². The Morgan fingerprint density at radius 2 is 1.86 bits per heavy atom. The van der Waals surface area contributed by atoms with E-state index in [1.165, 1.54) is 4.57 Å². The number of nitrogens with zero attached hydrogens (tertiary/aromatic N) is 5. The van der Waals surface area contributed by atoms with E-state index in [0.29, 0.717) is 24.3 Å². The smallest absolute Gasteiger partial charge is 0.264 e. The molecule has 3 aromatic heterocycles. The number of hydrogen-bond donors (Lipinski definition) is 1. The van der Waals surface area contributed by atoms with Gasteiger partial charge < -0.3 is 14.5 Å². The Bertz CT molecular complexity index is 1050. The highest BCUT2D eigenvalue weighted by Crippen LogP contribution is 2.05. The van der Waals surface area contributed by atoms with Crippen molar-refractivity contribution < 1.29 is 4.79 Å². The van der Waals surface area contributed by atoms with Crippen molar-refractivity contribution in [2.45, 2.75) is 40.8 Å². The number of imidazole rings is 1. The molecule has 8 nitrogen and oxygen atoms in total. The zero-order valence-electron chi connectivity index (χ0n) is 16.6. The van der Waals surface area contributed by atoms with Crippen LogP contribution in [0.5, 0.6) is 0 Å². The van der Waals surface area contributed by atoms with Gasteiger partial charge in [-0.3, -0.25) is 19.6 Å². The van der Waals surface area contributed by atoms with E-state index < -0.39 is 0 Å². The number of pyridine rings is 1. The maximum absolute atomic E-state index is 12.8. The molecule has 0 aliphatic rings. The van der Waals surface area contributed by atoms with Gasteiger partial charge in [0.1, 0.15) is 5.56 Å². The molecule has 0 spiro atoms. The monoisotopic (exact) mass is 380 g/mol. The number of carbonyl (C=O) groups excluding carboxylic acids is 1. The van der Waals surface area contributed by atoms with Crippen LogP contribution in [0.1, 0.15) is 38.7 Å². The molecule has 3 rings (SSSR count). The van der Waals surface area contributed by atoms with Crippen LogP contribution in [0.2, 0.25) is 0 Å². The number of aryl methyl sites for hydroxylation is 3. The topological polar surface area (TPSA) is 94.7 Å². The van der Waals surface area contributed by atoms with Crippen molar-refractivity contribution in [3.63, 3.8) is 0 Å². The summed E-state index contributed by atoms with van der Waals surface area (Å²) in [6.45, 7) is 8.81. The first-order chi connectivity index (χ1) is 13.4. The van der Waals surface area contributed by atoms with E-state index in [2.05, 4.69) is 20.3 Å². The van der Waals surface area contributed by atoms with E-state index in [0.717, 1.165) is 17.1 Å². The Morgan fingerprint density at radius 3 is 2.50 bits per heavy atom. The minimum atomic E-state index is -0.374. The van der Waals surface area contributed by atoms with Crippen molar-refractivity contribution in [3.8, 4) is 0 Å². The lowest BCUT2D eigenvalue weighted by molar-refractivity contribution is 0.0949. The molecule has 0 atom stereocenters. The second-order valence-electron chi connectivity index (χ2n) is 6.82. The lowest BCUT2D eigenvalue weighted by Gasteiger charge is -2.12. The van der Waals surface area contributed by atoms with Crippen LogP contribution < -0.4 is 10.9 Å². The first-order valence-electron chi connectivity index (χ1n) is 9.11. The summed E-state index contributed by atoms with van der Waals surface area (Å²) in [6.07, 6.45) is 6.71. The van der Waals surface area contributed by atoms with E-state index >= 15 is 0 Å². The molecular weight excluding hydrogens is 356 g/mol. The van der Waals surface area contributed by atoms with Crippen LogP contribution in [0.3, 0.4) is 0 Å². The van der Waals surface area contributed by atoms with Gasteiger partial charge in [0.2, 0.25) is 0 Å². The summed E-state index contributed by atoms with van der Waals surface area (Å²) in [5.41, 5.74) is 3.95. The average molecular weight is 380 g/mol. The number of rotatable bonds is 6. The summed E-state index contributed by atoms with van der Waals surface area (Å²) in [4.78, 5) is 38.2. The molecule has 146 valence electrons. The van der Waals surface area contributed by atoms with E-state index in [1.807, 2.05) is 25.3 Å². The Hall–Kier alpha value is -3.29. The minimum Gasteiger partial charge on any atom is -0.350 e. The fraction of sp³-hybridized carbons (Fsp3) is 0.350. The molecular formula is C20H24N6O2. The number of aromatic nitrogens is 5. The standard InChI is InChI=1S/C20H24N6O2/c1-13-5-7-25(11-17-10-22-14(2)9-23-17)20(28)18(13)19(27)21-6-8-26-12-24-15(3)16(26)4/h5,7,9-10,12H,6,8,11H2,1-4H3,(H,21,27). The number of amides is 1. The highest BCUT2D eigenvalue weighted by Gasteiger charge is 2.16. The van der Waals surface area contributed by atoms with Crippen LogP contribution in [-0.2, 0) is 13.1 Å². The van der Waals surface area contributed by atoms with Crippen LogP contribution in [0.25, 0.3) is 0 Å². The van der Waals surface area contributed by atoms with Gasteiger partial charge >= 0.3 is 0 Å². The lowest BCUT2D eigenvalue weighted by atomic mass is 10.1. The maximum Gasteiger partial charge on any atom is 0.264 e. The SMILES string of the molecule is Cc1cnc(Cn2ccc(C)c(C(=O)NCCn3cnc(C)c3C)c2=O)cn1. The van der Waals surface area contributed by atoms with Crippen molar-refractivity contribution in [3.05, 3.63) is 75.2 Å². The van der Waals surface area contributed by atoms with E-state index in [4.69, 9.17) is 0 Å². The van der Waals surface area contributed by atoms with Crippen molar-refractivity contribution in [1.29, 1.82) is 0 Å². The Balaban J connectivity index is 1.73. The molecule has 0 radical (unpaired) electrons. The highest BCUT2D eigenvalue weighted by atomic mass is 16.2. The molecule has 3 heterocycles. The average Bonchev–Trinajstić information content (AvgIpc) is 2.98. The third-order valence-corrected chi connectivity index (χ3v) is 4.75. The molecule has 0 fully saturated rings. The van der Waals surface area contributed by atoms with Gasteiger partial charge in [0.15, 0.2) is 0 Å². The third kappa shape index (κ3) is 4.16. The minimum absolute atomic E-state index is 0.154.